The highest BCUT2D eigenvalue weighted by molar-refractivity contribution is 7.92. The lowest BCUT2D eigenvalue weighted by Crippen LogP contribution is -2.14. The topological polar surface area (TPSA) is 71.1 Å². The van der Waals surface area contributed by atoms with E-state index < -0.39 is 10.0 Å². The van der Waals surface area contributed by atoms with Crippen LogP contribution in [0.4, 0.5) is 11.5 Å². The van der Waals surface area contributed by atoms with Crippen molar-refractivity contribution >= 4 is 56.3 Å². The quantitative estimate of drug-likeness (QED) is 0.861. The Morgan fingerprint density at radius 2 is 1.81 bits per heavy atom. The molecule has 2 rings (SSSR count). The number of pyridine rings is 1. The highest BCUT2D eigenvalue weighted by Crippen LogP contribution is 2.28. The smallest absolute Gasteiger partial charge is 0.263 e. The van der Waals surface area contributed by atoms with Crippen LogP contribution in [0, 0.1) is 0 Å². The van der Waals surface area contributed by atoms with E-state index in [1.54, 1.807) is 7.05 Å². The zero-order chi connectivity index (χ0) is 15.6. The summed E-state index contributed by atoms with van der Waals surface area (Å²) in [4.78, 5) is 3.85. The molecule has 1 aromatic heterocycles. The molecule has 0 aliphatic heterocycles. The zero-order valence-electron chi connectivity index (χ0n) is 10.7. The average Bonchev–Trinajstić information content (AvgIpc) is 2.42. The van der Waals surface area contributed by atoms with E-state index in [1.165, 1.54) is 30.5 Å². The lowest BCUT2D eigenvalue weighted by Gasteiger charge is -2.11. The number of aromatic nitrogens is 1. The molecule has 5 nitrogen and oxygen atoms in total. The molecule has 112 valence electrons. The van der Waals surface area contributed by atoms with Crippen molar-refractivity contribution in [3.63, 3.8) is 0 Å². The third-order valence-corrected chi connectivity index (χ3v) is 4.71. The van der Waals surface area contributed by atoms with Crippen LogP contribution in [0.1, 0.15) is 0 Å². The standard InChI is InChI=1S/C12H10Cl3N3O2S/c1-16-12-10(15)5-8(6-17-12)21(19,20)18-11-3-2-7(13)4-9(11)14/h2-6,18H,1H3,(H,16,17). The van der Waals surface area contributed by atoms with E-state index >= 15 is 0 Å². The van der Waals surface area contributed by atoms with Crippen LogP contribution < -0.4 is 10.0 Å². The van der Waals surface area contributed by atoms with E-state index in [4.69, 9.17) is 34.8 Å². The maximum Gasteiger partial charge on any atom is 0.263 e. The van der Waals surface area contributed by atoms with Crippen molar-refractivity contribution in [3.8, 4) is 0 Å². The van der Waals surface area contributed by atoms with Gasteiger partial charge in [-0.15, -0.1) is 0 Å². The Hall–Kier alpha value is -1.21. The van der Waals surface area contributed by atoms with E-state index in [0.717, 1.165) is 0 Å². The number of sulfonamides is 1. The summed E-state index contributed by atoms with van der Waals surface area (Å²) in [5, 5.41) is 3.54. The molecule has 21 heavy (non-hydrogen) atoms. The zero-order valence-corrected chi connectivity index (χ0v) is 13.8. The van der Waals surface area contributed by atoms with Crippen molar-refractivity contribution in [2.24, 2.45) is 0 Å². The monoisotopic (exact) mass is 365 g/mol. The van der Waals surface area contributed by atoms with Crippen LogP contribution >= 0.6 is 34.8 Å². The fourth-order valence-electron chi connectivity index (χ4n) is 1.53. The van der Waals surface area contributed by atoms with Crippen LogP contribution in [0.15, 0.2) is 35.4 Å². The Morgan fingerprint density at radius 1 is 1.10 bits per heavy atom. The molecule has 0 fully saturated rings. The maximum atomic E-state index is 12.3. The molecule has 0 atom stereocenters. The molecule has 0 unspecified atom stereocenters. The molecule has 0 saturated carbocycles. The largest absolute Gasteiger partial charge is 0.372 e. The molecule has 0 aliphatic carbocycles. The summed E-state index contributed by atoms with van der Waals surface area (Å²) in [6.45, 7) is 0. The van der Waals surface area contributed by atoms with Gasteiger partial charge >= 0.3 is 0 Å². The van der Waals surface area contributed by atoms with Crippen molar-refractivity contribution in [2.75, 3.05) is 17.1 Å². The van der Waals surface area contributed by atoms with Crippen molar-refractivity contribution in [1.29, 1.82) is 0 Å². The normalized spacial score (nSPS) is 11.2. The highest BCUT2D eigenvalue weighted by atomic mass is 35.5. The number of nitrogens with one attached hydrogen (secondary N) is 2. The third kappa shape index (κ3) is 3.71. The minimum absolute atomic E-state index is 0.0717. The minimum atomic E-state index is -3.85. The van der Waals surface area contributed by atoms with Gasteiger partial charge in [0.15, 0.2) is 0 Å². The Kier molecular flexibility index (Phi) is 4.83. The molecule has 0 radical (unpaired) electrons. The third-order valence-electron chi connectivity index (χ3n) is 2.54. The van der Waals surface area contributed by atoms with Gasteiger partial charge in [-0.25, -0.2) is 13.4 Å². The van der Waals surface area contributed by atoms with Crippen molar-refractivity contribution < 1.29 is 8.42 Å². The van der Waals surface area contributed by atoms with Gasteiger partial charge in [0.2, 0.25) is 0 Å². The van der Waals surface area contributed by atoms with E-state index in [9.17, 15) is 8.42 Å². The SMILES string of the molecule is CNc1ncc(S(=O)(=O)Nc2ccc(Cl)cc2Cl)cc1Cl. The van der Waals surface area contributed by atoms with E-state index in [-0.39, 0.29) is 20.6 Å². The Bertz CT molecular complexity index is 781. The molecule has 0 aliphatic rings. The average molecular weight is 367 g/mol. The van der Waals surface area contributed by atoms with Gasteiger partial charge in [0.05, 0.1) is 15.7 Å². The molecule has 0 spiro atoms. The van der Waals surface area contributed by atoms with E-state index in [0.29, 0.717) is 10.8 Å². The molecule has 1 aromatic carbocycles. The maximum absolute atomic E-state index is 12.3. The molecular weight excluding hydrogens is 357 g/mol. The highest BCUT2D eigenvalue weighted by Gasteiger charge is 2.18. The summed E-state index contributed by atoms with van der Waals surface area (Å²) in [6.07, 6.45) is 1.20. The predicted molar refractivity (Wildman–Crippen MR) is 86.1 cm³/mol. The van der Waals surface area contributed by atoms with Gasteiger partial charge in [-0.3, -0.25) is 4.72 Å². The minimum Gasteiger partial charge on any atom is -0.372 e. The van der Waals surface area contributed by atoms with Crippen molar-refractivity contribution in [1.82, 2.24) is 4.98 Å². The van der Waals surface area contributed by atoms with Gasteiger partial charge in [-0.05, 0) is 24.3 Å². The second-order valence-corrected chi connectivity index (χ2v) is 6.91. The molecular formula is C12H10Cl3N3O2S. The van der Waals surface area contributed by atoms with Crippen LogP contribution in [0.25, 0.3) is 0 Å². The fourth-order valence-corrected chi connectivity index (χ4v) is 3.41. The number of hydrogen-bond donors (Lipinski definition) is 2. The van der Waals surface area contributed by atoms with Crippen molar-refractivity contribution in [2.45, 2.75) is 4.90 Å². The van der Waals surface area contributed by atoms with Crippen LogP contribution in [-0.2, 0) is 10.0 Å². The number of rotatable bonds is 4. The van der Waals surface area contributed by atoms with Crippen LogP contribution in [-0.4, -0.2) is 20.4 Å². The van der Waals surface area contributed by atoms with E-state index in [1.807, 2.05) is 0 Å². The van der Waals surface area contributed by atoms with Crippen molar-refractivity contribution in [3.05, 3.63) is 45.5 Å². The lowest BCUT2D eigenvalue weighted by atomic mass is 10.3. The summed E-state index contributed by atoms with van der Waals surface area (Å²) in [7, 11) is -2.22. The van der Waals surface area contributed by atoms with Gasteiger partial charge in [0.1, 0.15) is 10.7 Å². The van der Waals surface area contributed by atoms with Gasteiger partial charge in [0, 0.05) is 18.3 Å². The van der Waals surface area contributed by atoms with Crippen LogP contribution in [0.5, 0.6) is 0 Å². The molecule has 0 saturated heterocycles. The number of nitrogens with zero attached hydrogens (tertiary/aromatic N) is 1. The summed E-state index contributed by atoms with van der Waals surface area (Å²) in [6, 6.07) is 5.74. The second-order valence-electron chi connectivity index (χ2n) is 3.98. The molecule has 2 aromatic rings. The summed E-state index contributed by atoms with van der Waals surface area (Å²) >= 11 is 17.6. The van der Waals surface area contributed by atoms with Gasteiger partial charge in [0.25, 0.3) is 10.0 Å². The van der Waals surface area contributed by atoms with Crippen LogP contribution in [0.2, 0.25) is 15.1 Å². The lowest BCUT2D eigenvalue weighted by molar-refractivity contribution is 0.601. The van der Waals surface area contributed by atoms with E-state index in [2.05, 4.69) is 15.0 Å². The summed E-state index contributed by atoms with van der Waals surface area (Å²) in [5.41, 5.74) is 0.217. The Labute approximate surface area is 137 Å². The first-order valence-corrected chi connectivity index (χ1v) is 8.26. The Morgan fingerprint density at radius 3 is 2.38 bits per heavy atom. The molecule has 1 heterocycles. The first-order valence-electron chi connectivity index (χ1n) is 5.64. The second kappa shape index (κ2) is 6.27. The number of halogens is 3. The summed E-state index contributed by atoms with van der Waals surface area (Å²) in [5.74, 6) is 0.389. The Balaban J connectivity index is 2.36. The first kappa shape index (κ1) is 16.2. The van der Waals surface area contributed by atoms with Crippen LogP contribution in [0.3, 0.4) is 0 Å². The molecule has 9 heteroatoms. The number of hydrogen-bond acceptors (Lipinski definition) is 4. The van der Waals surface area contributed by atoms with Gasteiger partial charge in [-0.2, -0.15) is 0 Å². The molecule has 2 N–H and O–H groups in total. The molecule has 0 amide bonds. The number of anilines is 2. The predicted octanol–water partition coefficient (Wildman–Crippen LogP) is 3.88. The first-order chi connectivity index (χ1) is 9.83. The van der Waals surface area contributed by atoms with Gasteiger partial charge in [-0.1, -0.05) is 34.8 Å². The molecule has 0 bridgehead atoms. The number of benzene rings is 1. The van der Waals surface area contributed by atoms with Gasteiger partial charge < -0.3 is 5.32 Å². The summed E-state index contributed by atoms with van der Waals surface area (Å²) < 4.78 is 26.9. The fraction of sp³-hybridized carbons (Fsp3) is 0.0833.